The first-order chi connectivity index (χ1) is 21.1. The fourth-order valence-electron chi connectivity index (χ4n) is 3.98. The van der Waals surface area contributed by atoms with E-state index in [1.807, 2.05) is 121 Å². The fourth-order valence-corrected chi connectivity index (χ4v) is 8.20. The standard InChI is InChI=1S/2C16H14N2O2S2/c2*1-22(19,20)18-12-15(13-8-4-2-5-9-13)21-16(18)17-14-10-6-3-7-11-14/h2*2-12H,1H3. The number of para-hydroxylation sites is 2. The van der Waals surface area contributed by atoms with Gasteiger partial charge < -0.3 is 0 Å². The first-order valence-corrected chi connectivity index (χ1v) is 18.6. The van der Waals surface area contributed by atoms with Crippen molar-refractivity contribution in [3.05, 3.63) is 143 Å². The van der Waals surface area contributed by atoms with E-state index in [0.717, 1.165) is 32.3 Å². The average Bonchev–Trinajstić information content (AvgIpc) is 3.65. The van der Waals surface area contributed by atoms with Gasteiger partial charge in [-0.25, -0.2) is 34.8 Å². The molecule has 0 amide bonds. The van der Waals surface area contributed by atoms with Gasteiger partial charge in [-0.1, -0.05) is 120 Å². The van der Waals surface area contributed by atoms with Gasteiger partial charge in [0.2, 0.25) is 29.6 Å². The number of hydrogen-bond acceptors (Lipinski definition) is 8. The Morgan fingerprint density at radius 1 is 0.477 bits per heavy atom. The highest BCUT2D eigenvalue weighted by molar-refractivity contribution is 7.89. The van der Waals surface area contributed by atoms with Crippen LogP contribution >= 0.6 is 22.7 Å². The van der Waals surface area contributed by atoms with Crippen LogP contribution in [0.4, 0.5) is 11.4 Å². The lowest BCUT2D eigenvalue weighted by Gasteiger charge is -1.98. The summed E-state index contributed by atoms with van der Waals surface area (Å²) in [5, 5.41) is 0. The lowest BCUT2D eigenvalue weighted by Crippen LogP contribution is -2.21. The summed E-state index contributed by atoms with van der Waals surface area (Å²) in [5.41, 5.74) is 3.39. The molecule has 2 aromatic heterocycles. The predicted molar refractivity (Wildman–Crippen MR) is 179 cm³/mol. The molecule has 2 heterocycles. The van der Waals surface area contributed by atoms with Gasteiger partial charge in [-0.2, -0.15) is 0 Å². The Morgan fingerprint density at radius 2 is 0.773 bits per heavy atom. The minimum Gasteiger partial charge on any atom is -0.220 e. The Bertz CT molecular complexity index is 2040. The van der Waals surface area contributed by atoms with E-state index in [2.05, 4.69) is 9.98 Å². The Labute approximate surface area is 264 Å². The molecule has 224 valence electrons. The minimum absolute atomic E-state index is 0.438. The first-order valence-electron chi connectivity index (χ1n) is 13.2. The molecular weight excluding hydrogens is 633 g/mol. The molecule has 0 bridgehead atoms. The average molecular weight is 661 g/mol. The number of aromatic nitrogens is 2. The lowest BCUT2D eigenvalue weighted by molar-refractivity contribution is 0.590. The SMILES string of the molecule is CS(=O)(=O)n1cc(-c2ccccc2)sc1=Nc1ccccc1.CS(=O)(=O)n1cc(-c2ccccc2)sc1=Nc1ccccc1. The van der Waals surface area contributed by atoms with Gasteiger partial charge in [-0.3, -0.25) is 0 Å². The Kier molecular flexibility index (Phi) is 9.55. The van der Waals surface area contributed by atoms with Gasteiger partial charge in [0.1, 0.15) is 0 Å². The number of hydrogen-bond donors (Lipinski definition) is 0. The summed E-state index contributed by atoms with van der Waals surface area (Å²) < 4.78 is 50.5. The van der Waals surface area contributed by atoms with E-state index in [1.54, 1.807) is 12.4 Å². The molecule has 0 N–H and O–H groups in total. The number of rotatable bonds is 6. The molecule has 0 unspecified atom stereocenters. The quantitative estimate of drug-likeness (QED) is 0.203. The van der Waals surface area contributed by atoms with Gasteiger partial charge in [-0.15, -0.1) is 0 Å². The molecule has 12 heteroatoms. The van der Waals surface area contributed by atoms with Crippen LogP contribution in [-0.2, 0) is 20.0 Å². The van der Waals surface area contributed by atoms with Crippen molar-refractivity contribution in [2.24, 2.45) is 9.98 Å². The van der Waals surface area contributed by atoms with Crippen LogP contribution in [0, 0.1) is 0 Å². The highest BCUT2D eigenvalue weighted by Crippen LogP contribution is 2.24. The van der Waals surface area contributed by atoms with E-state index in [-0.39, 0.29) is 0 Å². The van der Waals surface area contributed by atoms with E-state index in [9.17, 15) is 16.8 Å². The highest BCUT2D eigenvalue weighted by atomic mass is 32.2. The highest BCUT2D eigenvalue weighted by Gasteiger charge is 2.13. The van der Waals surface area contributed by atoms with E-state index < -0.39 is 20.0 Å². The molecule has 0 radical (unpaired) electrons. The van der Waals surface area contributed by atoms with Crippen molar-refractivity contribution in [3.8, 4) is 20.9 Å². The zero-order valence-electron chi connectivity index (χ0n) is 23.8. The van der Waals surface area contributed by atoms with Crippen LogP contribution in [0.3, 0.4) is 0 Å². The van der Waals surface area contributed by atoms with Crippen LogP contribution in [0.1, 0.15) is 0 Å². The molecule has 0 fully saturated rings. The molecule has 0 atom stereocenters. The molecule has 4 aromatic carbocycles. The second-order valence-corrected chi connectivity index (χ2v) is 15.2. The third-order valence-electron chi connectivity index (χ3n) is 6.04. The third kappa shape index (κ3) is 7.97. The second-order valence-electron chi connectivity index (χ2n) is 9.50. The Hall–Kier alpha value is -4.36. The second kappa shape index (κ2) is 13.5. The number of benzene rings is 4. The van der Waals surface area contributed by atoms with Gasteiger partial charge >= 0.3 is 0 Å². The van der Waals surface area contributed by atoms with Crippen molar-refractivity contribution in [3.63, 3.8) is 0 Å². The van der Waals surface area contributed by atoms with Crippen LogP contribution in [0.2, 0.25) is 0 Å². The molecule has 0 spiro atoms. The van der Waals surface area contributed by atoms with Crippen molar-refractivity contribution in [2.75, 3.05) is 12.5 Å². The van der Waals surface area contributed by atoms with Gasteiger partial charge in [0, 0.05) is 12.4 Å². The third-order valence-corrected chi connectivity index (χ3v) is 10.3. The molecule has 0 aliphatic heterocycles. The molecular formula is C32H28N4O4S4. The normalized spacial score (nSPS) is 12.5. The van der Waals surface area contributed by atoms with Crippen molar-refractivity contribution in [1.82, 2.24) is 7.94 Å². The van der Waals surface area contributed by atoms with Crippen molar-refractivity contribution in [1.29, 1.82) is 0 Å². The maximum atomic E-state index is 12.0. The largest absolute Gasteiger partial charge is 0.237 e. The molecule has 0 saturated carbocycles. The van der Waals surface area contributed by atoms with Crippen LogP contribution in [0.25, 0.3) is 20.9 Å². The molecule has 0 aliphatic carbocycles. The topological polar surface area (TPSA) is 103 Å². The maximum absolute atomic E-state index is 12.0. The summed E-state index contributed by atoms with van der Waals surface area (Å²) in [6.45, 7) is 0. The molecule has 6 rings (SSSR count). The van der Waals surface area contributed by atoms with Crippen LogP contribution in [-0.4, -0.2) is 37.3 Å². The molecule has 44 heavy (non-hydrogen) atoms. The van der Waals surface area contributed by atoms with Gasteiger partial charge in [0.15, 0.2) is 0 Å². The van der Waals surface area contributed by atoms with Crippen LogP contribution in [0.15, 0.2) is 144 Å². The number of nitrogens with zero attached hydrogens (tertiary/aromatic N) is 4. The van der Waals surface area contributed by atoms with Crippen molar-refractivity contribution in [2.45, 2.75) is 0 Å². The van der Waals surface area contributed by atoms with E-state index in [0.29, 0.717) is 9.60 Å². The van der Waals surface area contributed by atoms with E-state index >= 15 is 0 Å². The molecule has 6 aromatic rings. The summed E-state index contributed by atoms with van der Waals surface area (Å²) >= 11 is 2.70. The molecule has 8 nitrogen and oxygen atoms in total. The van der Waals surface area contributed by atoms with Gasteiger partial charge in [0.05, 0.1) is 33.6 Å². The molecule has 0 aliphatic rings. The fraction of sp³-hybridized carbons (Fsp3) is 0.0625. The Balaban J connectivity index is 0.000000175. The van der Waals surface area contributed by atoms with Crippen LogP contribution < -0.4 is 9.60 Å². The molecule has 0 saturated heterocycles. The maximum Gasteiger partial charge on any atom is 0.237 e. The Morgan fingerprint density at radius 3 is 1.07 bits per heavy atom. The smallest absolute Gasteiger partial charge is 0.220 e. The summed E-state index contributed by atoms with van der Waals surface area (Å²) in [6, 6.07) is 38.0. The summed E-state index contributed by atoms with van der Waals surface area (Å²) in [5.74, 6) is 0. The lowest BCUT2D eigenvalue weighted by atomic mass is 10.2. The summed E-state index contributed by atoms with van der Waals surface area (Å²) in [6.07, 6.45) is 5.60. The minimum atomic E-state index is -3.41. The van der Waals surface area contributed by atoms with Gasteiger partial charge in [0.25, 0.3) is 0 Å². The van der Waals surface area contributed by atoms with E-state index in [1.165, 1.54) is 43.1 Å². The zero-order valence-corrected chi connectivity index (χ0v) is 27.0. The first kappa shape index (κ1) is 31.1. The predicted octanol–water partition coefficient (Wildman–Crippen LogP) is 6.51. The van der Waals surface area contributed by atoms with Crippen molar-refractivity contribution < 1.29 is 16.8 Å². The summed E-state index contributed by atoms with van der Waals surface area (Å²) in [7, 11) is -6.81. The zero-order chi connectivity index (χ0) is 31.2. The monoisotopic (exact) mass is 660 g/mol. The van der Waals surface area contributed by atoms with E-state index in [4.69, 9.17) is 0 Å². The van der Waals surface area contributed by atoms with Crippen LogP contribution in [0.5, 0.6) is 0 Å². The number of thiazole rings is 2. The van der Waals surface area contributed by atoms with Gasteiger partial charge in [-0.05, 0) is 35.4 Å². The summed E-state index contributed by atoms with van der Waals surface area (Å²) in [4.78, 5) is 11.5. The van der Waals surface area contributed by atoms with Crippen molar-refractivity contribution >= 4 is 54.1 Å².